The zero-order valence-corrected chi connectivity index (χ0v) is 7.66. The second-order valence-electron chi connectivity index (χ2n) is 2.95. The predicted octanol–water partition coefficient (Wildman–Crippen LogP) is 2.92. The Morgan fingerprint density at radius 1 is 1.46 bits per heavy atom. The largest absolute Gasteiger partial charge is 0.433 e. The molecule has 0 N–H and O–H groups in total. The van der Waals surface area contributed by atoms with Crippen molar-refractivity contribution in [3.05, 3.63) is 28.0 Å². The first kappa shape index (κ1) is 9.77. The molecular weight excluding hydrogens is 170 g/mol. The Morgan fingerprint density at radius 3 is 2.77 bits per heavy atom. The van der Waals surface area contributed by atoms with E-state index in [1.807, 2.05) is 0 Å². The van der Waals surface area contributed by atoms with Gasteiger partial charge in [-0.25, -0.2) is 0 Å². The first-order valence-corrected chi connectivity index (χ1v) is 4.47. The van der Waals surface area contributed by atoms with Gasteiger partial charge in [0.05, 0.1) is 6.07 Å². The third kappa shape index (κ3) is 2.89. The molecule has 0 atom stereocenters. The van der Waals surface area contributed by atoms with Crippen LogP contribution in [-0.4, -0.2) is 4.92 Å². The summed E-state index contributed by atoms with van der Waals surface area (Å²) in [5.74, 6) is 0.548. The van der Waals surface area contributed by atoms with Gasteiger partial charge in [0, 0.05) is 6.42 Å². The fraction of sp³-hybridized carbons (Fsp3) is 0.556. The van der Waals surface area contributed by atoms with Gasteiger partial charge in [-0.1, -0.05) is 19.8 Å². The smallest absolute Gasteiger partial charge is 0.406 e. The Balaban J connectivity index is 2.44. The van der Waals surface area contributed by atoms with E-state index >= 15 is 0 Å². The number of unbranched alkanes of at least 4 members (excludes halogenated alkanes) is 2. The maximum Gasteiger partial charge on any atom is 0.433 e. The van der Waals surface area contributed by atoms with Crippen LogP contribution in [0.1, 0.15) is 31.9 Å². The molecule has 0 unspecified atom stereocenters. The van der Waals surface area contributed by atoms with Crippen molar-refractivity contribution in [2.24, 2.45) is 0 Å². The average molecular weight is 183 g/mol. The Labute approximate surface area is 76.7 Å². The Morgan fingerprint density at radius 2 is 2.23 bits per heavy atom. The molecule has 0 aliphatic heterocycles. The highest BCUT2D eigenvalue weighted by Crippen LogP contribution is 2.17. The van der Waals surface area contributed by atoms with Crippen molar-refractivity contribution in [2.75, 3.05) is 0 Å². The Hall–Kier alpha value is -1.32. The van der Waals surface area contributed by atoms with Gasteiger partial charge in [-0.2, -0.15) is 0 Å². The fourth-order valence-corrected chi connectivity index (χ4v) is 1.15. The van der Waals surface area contributed by atoms with Gasteiger partial charge in [0.25, 0.3) is 0 Å². The quantitative estimate of drug-likeness (QED) is 0.400. The van der Waals surface area contributed by atoms with Crippen LogP contribution >= 0.6 is 0 Å². The van der Waals surface area contributed by atoms with E-state index in [1.165, 1.54) is 6.07 Å². The molecule has 0 saturated heterocycles. The molecule has 0 radical (unpaired) electrons. The van der Waals surface area contributed by atoms with Gasteiger partial charge in [-0.15, -0.1) is 0 Å². The van der Waals surface area contributed by atoms with Gasteiger partial charge in [0.15, 0.2) is 0 Å². The minimum absolute atomic E-state index is 0.161. The van der Waals surface area contributed by atoms with Crippen LogP contribution in [-0.2, 0) is 6.42 Å². The molecule has 1 rings (SSSR count). The van der Waals surface area contributed by atoms with Crippen molar-refractivity contribution in [3.8, 4) is 0 Å². The van der Waals surface area contributed by atoms with Crippen LogP contribution in [0.4, 0.5) is 5.88 Å². The summed E-state index contributed by atoms with van der Waals surface area (Å²) in [6.07, 6.45) is 4.10. The van der Waals surface area contributed by atoms with Crippen LogP contribution in [0.2, 0.25) is 0 Å². The van der Waals surface area contributed by atoms with Crippen molar-refractivity contribution in [2.45, 2.75) is 32.6 Å². The van der Waals surface area contributed by atoms with Crippen LogP contribution in [0.25, 0.3) is 0 Å². The van der Waals surface area contributed by atoms with Gasteiger partial charge >= 0.3 is 5.88 Å². The summed E-state index contributed by atoms with van der Waals surface area (Å²) in [6.45, 7) is 2.12. The monoisotopic (exact) mass is 183 g/mol. The summed E-state index contributed by atoms with van der Waals surface area (Å²) in [5.41, 5.74) is 0. The molecule has 4 heteroatoms. The molecule has 0 aliphatic carbocycles. The predicted molar refractivity (Wildman–Crippen MR) is 48.6 cm³/mol. The van der Waals surface area contributed by atoms with Crippen LogP contribution in [0.15, 0.2) is 16.5 Å². The molecule has 0 bridgehead atoms. The number of hydrogen-bond donors (Lipinski definition) is 0. The van der Waals surface area contributed by atoms with Crippen LogP contribution < -0.4 is 0 Å². The van der Waals surface area contributed by atoms with E-state index in [2.05, 4.69) is 6.92 Å². The van der Waals surface area contributed by atoms with E-state index in [1.54, 1.807) is 6.07 Å². The molecule has 0 fully saturated rings. The number of nitro groups is 1. The molecule has 0 saturated carbocycles. The normalized spacial score (nSPS) is 10.2. The van der Waals surface area contributed by atoms with Gasteiger partial charge < -0.3 is 4.42 Å². The Kier molecular flexibility index (Phi) is 3.49. The number of rotatable bonds is 5. The molecule has 1 heterocycles. The lowest BCUT2D eigenvalue weighted by molar-refractivity contribution is -0.402. The molecule has 0 spiro atoms. The number of hydrogen-bond acceptors (Lipinski definition) is 3. The summed E-state index contributed by atoms with van der Waals surface area (Å²) in [6, 6.07) is 3.08. The molecule has 0 aromatic carbocycles. The number of furan rings is 1. The van der Waals surface area contributed by atoms with Crippen molar-refractivity contribution in [3.63, 3.8) is 0 Å². The zero-order chi connectivity index (χ0) is 9.68. The number of nitrogens with zero attached hydrogens (tertiary/aromatic N) is 1. The molecule has 0 aliphatic rings. The maximum atomic E-state index is 10.3. The lowest BCUT2D eigenvalue weighted by Crippen LogP contribution is -1.84. The summed E-state index contributed by atoms with van der Waals surface area (Å²) in [4.78, 5) is 9.75. The number of aryl methyl sites for hydroxylation is 1. The first-order chi connectivity index (χ1) is 6.24. The van der Waals surface area contributed by atoms with E-state index in [0.717, 1.165) is 25.7 Å². The SMILES string of the molecule is CCCCCc1ccc([N+](=O)[O-])o1. The minimum Gasteiger partial charge on any atom is -0.406 e. The summed E-state index contributed by atoms with van der Waals surface area (Å²) >= 11 is 0. The highest BCUT2D eigenvalue weighted by molar-refractivity contribution is 5.17. The minimum atomic E-state index is -0.511. The lowest BCUT2D eigenvalue weighted by atomic mass is 10.2. The zero-order valence-electron chi connectivity index (χ0n) is 7.66. The second kappa shape index (κ2) is 4.64. The van der Waals surface area contributed by atoms with E-state index < -0.39 is 4.92 Å². The molecular formula is C9H13NO3. The van der Waals surface area contributed by atoms with E-state index in [0.29, 0.717) is 5.76 Å². The third-order valence-corrected chi connectivity index (χ3v) is 1.85. The van der Waals surface area contributed by atoms with Crippen molar-refractivity contribution >= 4 is 5.88 Å². The highest BCUT2D eigenvalue weighted by atomic mass is 16.6. The molecule has 72 valence electrons. The summed E-state index contributed by atoms with van der Waals surface area (Å²) in [7, 11) is 0. The van der Waals surface area contributed by atoms with E-state index in [9.17, 15) is 10.1 Å². The summed E-state index contributed by atoms with van der Waals surface area (Å²) in [5, 5.41) is 10.3. The van der Waals surface area contributed by atoms with Gasteiger partial charge in [0.1, 0.15) is 10.7 Å². The van der Waals surface area contributed by atoms with Crippen LogP contribution in [0.5, 0.6) is 0 Å². The van der Waals surface area contributed by atoms with Gasteiger partial charge in [-0.3, -0.25) is 10.1 Å². The lowest BCUT2D eigenvalue weighted by Gasteiger charge is -1.93. The van der Waals surface area contributed by atoms with E-state index in [4.69, 9.17) is 4.42 Å². The van der Waals surface area contributed by atoms with Gasteiger partial charge in [-0.05, 0) is 12.5 Å². The summed E-state index contributed by atoms with van der Waals surface area (Å²) < 4.78 is 4.99. The van der Waals surface area contributed by atoms with Crippen LogP contribution in [0, 0.1) is 10.1 Å². The molecule has 1 aromatic rings. The van der Waals surface area contributed by atoms with Crippen molar-refractivity contribution < 1.29 is 9.34 Å². The molecule has 1 aromatic heterocycles. The van der Waals surface area contributed by atoms with Gasteiger partial charge in [0.2, 0.25) is 0 Å². The maximum absolute atomic E-state index is 10.3. The van der Waals surface area contributed by atoms with Crippen molar-refractivity contribution in [1.82, 2.24) is 0 Å². The second-order valence-corrected chi connectivity index (χ2v) is 2.95. The topological polar surface area (TPSA) is 56.3 Å². The highest BCUT2D eigenvalue weighted by Gasteiger charge is 2.10. The molecule has 0 amide bonds. The third-order valence-electron chi connectivity index (χ3n) is 1.85. The first-order valence-electron chi connectivity index (χ1n) is 4.47. The van der Waals surface area contributed by atoms with E-state index in [-0.39, 0.29) is 5.88 Å². The van der Waals surface area contributed by atoms with Crippen LogP contribution in [0.3, 0.4) is 0 Å². The Bertz CT molecular complexity index is 280. The van der Waals surface area contributed by atoms with Crippen molar-refractivity contribution in [1.29, 1.82) is 0 Å². The molecule has 13 heavy (non-hydrogen) atoms. The standard InChI is InChI=1S/C9H13NO3/c1-2-3-4-5-8-6-7-9(13-8)10(11)12/h6-7H,2-5H2,1H3. The molecule has 4 nitrogen and oxygen atoms in total. The fourth-order valence-electron chi connectivity index (χ4n) is 1.15. The average Bonchev–Trinajstić information content (AvgIpc) is 2.53.